The molecule has 8 nitrogen and oxygen atoms in total. The van der Waals surface area contributed by atoms with E-state index in [-0.39, 0.29) is 17.5 Å². The Labute approximate surface area is 140 Å². The van der Waals surface area contributed by atoms with E-state index in [0.29, 0.717) is 30.1 Å². The van der Waals surface area contributed by atoms with Crippen molar-refractivity contribution in [1.82, 2.24) is 25.0 Å². The van der Waals surface area contributed by atoms with Gasteiger partial charge in [0.05, 0.1) is 11.6 Å². The van der Waals surface area contributed by atoms with Gasteiger partial charge in [-0.3, -0.25) is 4.79 Å². The number of amides is 1. The second kappa shape index (κ2) is 5.72. The molecular formula is C15H13F2N7O. The number of carbonyl (C=O) groups is 1. The minimum atomic E-state index is -0.804. The smallest absolute Gasteiger partial charge is 0.231 e. The molecule has 1 aliphatic rings. The molecule has 25 heavy (non-hydrogen) atoms. The van der Waals surface area contributed by atoms with Crippen molar-refractivity contribution in [2.45, 2.75) is 0 Å². The van der Waals surface area contributed by atoms with E-state index < -0.39 is 11.6 Å². The van der Waals surface area contributed by atoms with Crippen LogP contribution in [0.2, 0.25) is 0 Å². The zero-order valence-corrected chi connectivity index (χ0v) is 13.1. The number of hydrogen-bond donors (Lipinski definition) is 1. The Balaban J connectivity index is 1.45. The number of rotatable bonds is 3. The molecule has 0 atom stereocenters. The van der Waals surface area contributed by atoms with Gasteiger partial charge in [0, 0.05) is 26.2 Å². The Kier molecular flexibility index (Phi) is 3.52. The number of nitrogens with one attached hydrogen (secondary N) is 1. The van der Waals surface area contributed by atoms with Crippen molar-refractivity contribution in [2.75, 3.05) is 23.3 Å². The fourth-order valence-corrected chi connectivity index (χ4v) is 2.72. The average Bonchev–Trinajstić information content (AvgIpc) is 2.91. The fraction of sp³-hybridized carbons (Fsp3) is 0.267. The summed E-state index contributed by atoms with van der Waals surface area (Å²) in [5.41, 5.74) is 1.13. The van der Waals surface area contributed by atoms with E-state index in [4.69, 9.17) is 0 Å². The van der Waals surface area contributed by atoms with E-state index >= 15 is 0 Å². The lowest BCUT2D eigenvalue weighted by atomic mass is 9.99. The third-order valence-corrected chi connectivity index (χ3v) is 4.11. The van der Waals surface area contributed by atoms with E-state index in [0.717, 1.165) is 12.1 Å². The molecule has 4 rings (SSSR count). The van der Waals surface area contributed by atoms with Gasteiger partial charge < -0.3 is 10.2 Å². The van der Waals surface area contributed by atoms with Gasteiger partial charge in [-0.1, -0.05) is 5.21 Å². The second-order valence-corrected chi connectivity index (χ2v) is 5.80. The highest BCUT2D eigenvalue weighted by molar-refractivity contribution is 5.95. The molecule has 0 aliphatic carbocycles. The number of hydrogen-bond acceptors (Lipinski definition) is 6. The molecule has 1 saturated heterocycles. The minimum absolute atomic E-state index is 0.0387. The van der Waals surface area contributed by atoms with Crippen LogP contribution < -0.4 is 10.2 Å². The Bertz CT molecular complexity index is 968. The van der Waals surface area contributed by atoms with Crippen LogP contribution in [-0.4, -0.2) is 44.0 Å². The molecular weight excluding hydrogens is 332 g/mol. The van der Waals surface area contributed by atoms with E-state index in [9.17, 15) is 13.6 Å². The van der Waals surface area contributed by atoms with Crippen LogP contribution in [0.5, 0.6) is 0 Å². The van der Waals surface area contributed by atoms with Crippen LogP contribution in [0.4, 0.5) is 20.3 Å². The van der Waals surface area contributed by atoms with Crippen LogP contribution in [0.1, 0.15) is 0 Å². The van der Waals surface area contributed by atoms with Crippen molar-refractivity contribution in [3.63, 3.8) is 0 Å². The van der Waals surface area contributed by atoms with Crippen LogP contribution >= 0.6 is 0 Å². The minimum Gasteiger partial charge on any atom is -0.353 e. The molecule has 2 aromatic heterocycles. The highest BCUT2D eigenvalue weighted by atomic mass is 19.1. The van der Waals surface area contributed by atoms with Crippen molar-refractivity contribution in [3.05, 3.63) is 36.2 Å². The first-order valence-corrected chi connectivity index (χ1v) is 7.54. The number of benzene rings is 1. The summed E-state index contributed by atoms with van der Waals surface area (Å²) >= 11 is 0. The van der Waals surface area contributed by atoms with Gasteiger partial charge in [-0.15, -0.1) is 5.10 Å². The number of halogens is 2. The molecule has 1 N–H and O–H groups in total. The van der Waals surface area contributed by atoms with Crippen LogP contribution in [0, 0.1) is 17.6 Å². The molecule has 0 unspecified atom stereocenters. The first-order chi connectivity index (χ1) is 12.0. The number of carbonyl (C=O) groups excluding carboxylic acids is 1. The molecule has 1 amide bonds. The van der Waals surface area contributed by atoms with Crippen LogP contribution in [0.3, 0.4) is 0 Å². The summed E-state index contributed by atoms with van der Waals surface area (Å²) in [7, 11) is 1.73. The van der Waals surface area contributed by atoms with Gasteiger partial charge in [-0.25, -0.2) is 23.4 Å². The lowest BCUT2D eigenvalue weighted by Crippen LogP contribution is -2.52. The molecule has 1 fully saturated rings. The molecule has 0 saturated carbocycles. The summed E-state index contributed by atoms with van der Waals surface area (Å²) in [6.45, 7) is 0.828. The van der Waals surface area contributed by atoms with Gasteiger partial charge in [0.2, 0.25) is 5.91 Å². The van der Waals surface area contributed by atoms with Crippen molar-refractivity contribution in [1.29, 1.82) is 0 Å². The zero-order chi connectivity index (χ0) is 17.6. The van der Waals surface area contributed by atoms with E-state index in [2.05, 4.69) is 25.6 Å². The van der Waals surface area contributed by atoms with Gasteiger partial charge in [0.1, 0.15) is 18.0 Å². The summed E-state index contributed by atoms with van der Waals surface area (Å²) in [6, 6.07) is 3.03. The van der Waals surface area contributed by atoms with Gasteiger partial charge >= 0.3 is 0 Å². The molecule has 128 valence electrons. The van der Waals surface area contributed by atoms with Crippen molar-refractivity contribution < 1.29 is 13.6 Å². The standard InChI is InChI=1S/C15H13F2N7O/c1-23-13-12(21-22-23)14(19-7-18-13)24-5-8(6-24)15(25)20-11-3-2-9(16)4-10(11)17/h2-4,7-8H,5-6H2,1H3,(H,20,25). The summed E-state index contributed by atoms with van der Waals surface area (Å²) in [4.78, 5) is 22.4. The predicted molar refractivity (Wildman–Crippen MR) is 84.8 cm³/mol. The maximum Gasteiger partial charge on any atom is 0.231 e. The normalized spacial score (nSPS) is 14.6. The van der Waals surface area contributed by atoms with Gasteiger partial charge in [-0.2, -0.15) is 0 Å². The molecule has 1 aromatic carbocycles. The van der Waals surface area contributed by atoms with Crippen LogP contribution in [0.15, 0.2) is 24.5 Å². The first-order valence-electron chi connectivity index (χ1n) is 7.54. The topological polar surface area (TPSA) is 88.8 Å². The van der Waals surface area contributed by atoms with E-state index in [1.807, 2.05) is 4.90 Å². The van der Waals surface area contributed by atoms with Gasteiger partial charge in [0.25, 0.3) is 0 Å². The number of nitrogens with zero attached hydrogens (tertiary/aromatic N) is 6. The summed E-state index contributed by atoms with van der Waals surface area (Å²) in [6.07, 6.45) is 1.42. The molecule has 10 heteroatoms. The quantitative estimate of drug-likeness (QED) is 0.765. The fourth-order valence-electron chi connectivity index (χ4n) is 2.72. The predicted octanol–water partition coefficient (Wildman–Crippen LogP) is 1.11. The Morgan fingerprint density at radius 1 is 1.28 bits per heavy atom. The molecule has 0 bridgehead atoms. The van der Waals surface area contributed by atoms with Crippen molar-refractivity contribution in [2.24, 2.45) is 13.0 Å². The Morgan fingerprint density at radius 2 is 2.08 bits per heavy atom. The number of aryl methyl sites for hydroxylation is 1. The summed E-state index contributed by atoms with van der Waals surface area (Å²) in [5.74, 6) is -1.55. The monoisotopic (exact) mass is 345 g/mol. The van der Waals surface area contributed by atoms with Crippen molar-refractivity contribution >= 4 is 28.6 Å². The molecule has 3 aromatic rings. The highest BCUT2D eigenvalue weighted by Crippen LogP contribution is 2.28. The molecule has 0 spiro atoms. The molecule has 0 radical (unpaired) electrons. The Hall–Kier alpha value is -3.17. The number of fused-ring (bicyclic) bond motifs is 1. The van der Waals surface area contributed by atoms with Gasteiger partial charge in [0.15, 0.2) is 17.0 Å². The lowest BCUT2D eigenvalue weighted by Gasteiger charge is -2.38. The summed E-state index contributed by atoms with van der Waals surface area (Å²) < 4.78 is 28.1. The SMILES string of the molecule is Cn1nnc2c(N3CC(C(=O)Nc4ccc(F)cc4F)C3)ncnc21. The lowest BCUT2D eigenvalue weighted by molar-refractivity contribution is -0.120. The average molecular weight is 345 g/mol. The van der Waals surface area contributed by atoms with Crippen LogP contribution in [-0.2, 0) is 11.8 Å². The second-order valence-electron chi connectivity index (χ2n) is 5.80. The highest BCUT2D eigenvalue weighted by Gasteiger charge is 2.35. The van der Waals surface area contributed by atoms with E-state index in [1.165, 1.54) is 12.4 Å². The van der Waals surface area contributed by atoms with Crippen molar-refractivity contribution in [3.8, 4) is 0 Å². The first kappa shape index (κ1) is 15.4. The third-order valence-electron chi connectivity index (χ3n) is 4.11. The summed E-state index contributed by atoms with van der Waals surface area (Å²) in [5, 5.41) is 10.4. The molecule has 3 heterocycles. The number of anilines is 2. The van der Waals surface area contributed by atoms with E-state index in [1.54, 1.807) is 11.7 Å². The third kappa shape index (κ3) is 2.65. The zero-order valence-electron chi connectivity index (χ0n) is 13.1. The molecule has 1 aliphatic heterocycles. The maximum atomic E-state index is 13.6. The maximum absolute atomic E-state index is 13.6. The van der Waals surface area contributed by atoms with Crippen LogP contribution in [0.25, 0.3) is 11.2 Å². The Morgan fingerprint density at radius 3 is 2.84 bits per heavy atom. The van der Waals surface area contributed by atoms with Gasteiger partial charge in [-0.05, 0) is 12.1 Å². The number of aromatic nitrogens is 5. The largest absolute Gasteiger partial charge is 0.353 e.